The predicted molar refractivity (Wildman–Crippen MR) is 113 cm³/mol. The van der Waals surface area contributed by atoms with E-state index >= 15 is 0 Å². The van der Waals surface area contributed by atoms with Crippen LogP contribution in [0.2, 0.25) is 5.02 Å². The van der Waals surface area contributed by atoms with Gasteiger partial charge in [0.05, 0.1) is 16.6 Å². The van der Waals surface area contributed by atoms with Gasteiger partial charge in [-0.2, -0.15) is 0 Å². The first-order chi connectivity index (χ1) is 13.5. The van der Waals surface area contributed by atoms with Crippen molar-refractivity contribution in [1.29, 1.82) is 0 Å². The third-order valence-electron chi connectivity index (χ3n) is 4.47. The molecule has 3 nitrogen and oxygen atoms in total. The normalized spacial score (nSPS) is 11.1. The first-order valence-electron chi connectivity index (χ1n) is 8.69. The molecular weight excluding hydrogens is 395 g/mol. The highest BCUT2D eigenvalue weighted by Crippen LogP contribution is 2.27. The lowest BCUT2D eigenvalue weighted by atomic mass is 10.2. The SMILES string of the molecule is Cc1ccccc1-n1c(SCc2ccccc2F)nc2cc(Cl)ccc2c1=O. The molecule has 3 aromatic carbocycles. The van der Waals surface area contributed by atoms with Crippen LogP contribution in [0.25, 0.3) is 16.6 Å². The van der Waals surface area contributed by atoms with Crippen molar-refractivity contribution in [2.45, 2.75) is 17.8 Å². The summed E-state index contributed by atoms with van der Waals surface area (Å²) in [5, 5.41) is 1.50. The van der Waals surface area contributed by atoms with Gasteiger partial charge in [-0.1, -0.05) is 59.8 Å². The van der Waals surface area contributed by atoms with Gasteiger partial charge in [0.25, 0.3) is 5.56 Å². The average Bonchev–Trinajstić information content (AvgIpc) is 2.68. The molecule has 0 radical (unpaired) electrons. The summed E-state index contributed by atoms with van der Waals surface area (Å²) in [6.07, 6.45) is 0. The van der Waals surface area contributed by atoms with Crippen molar-refractivity contribution in [1.82, 2.24) is 9.55 Å². The summed E-state index contributed by atoms with van der Waals surface area (Å²) in [5.74, 6) is 0.0838. The van der Waals surface area contributed by atoms with Gasteiger partial charge in [-0.3, -0.25) is 9.36 Å². The molecule has 4 aromatic rings. The van der Waals surface area contributed by atoms with Crippen molar-refractivity contribution in [3.63, 3.8) is 0 Å². The molecule has 0 spiro atoms. The van der Waals surface area contributed by atoms with Crippen molar-refractivity contribution in [2.75, 3.05) is 0 Å². The first-order valence-corrected chi connectivity index (χ1v) is 10.1. The summed E-state index contributed by atoms with van der Waals surface area (Å²) in [6, 6.07) is 19.3. The predicted octanol–water partition coefficient (Wildman–Crippen LogP) is 5.78. The van der Waals surface area contributed by atoms with E-state index in [1.807, 2.05) is 31.2 Å². The van der Waals surface area contributed by atoms with Crippen LogP contribution in [0.4, 0.5) is 4.39 Å². The smallest absolute Gasteiger partial charge is 0.266 e. The second-order valence-electron chi connectivity index (χ2n) is 6.36. The molecule has 0 saturated heterocycles. The molecule has 140 valence electrons. The fourth-order valence-corrected chi connectivity index (χ4v) is 4.18. The molecule has 4 rings (SSSR count). The largest absolute Gasteiger partial charge is 0.268 e. The van der Waals surface area contributed by atoms with Gasteiger partial charge in [-0.15, -0.1) is 0 Å². The minimum Gasteiger partial charge on any atom is -0.268 e. The zero-order valence-corrected chi connectivity index (χ0v) is 16.6. The van der Waals surface area contributed by atoms with Crippen LogP contribution in [0, 0.1) is 12.7 Å². The zero-order chi connectivity index (χ0) is 19.7. The highest BCUT2D eigenvalue weighted by atomic mass is 35.5. The summed E-state index contributed by atoms with van der Waals surface area (Å²) in [5.41, 5.74) is 2.62. The summed E-state index contributed by atoms with van der Waals surface area (Å²) in [6.45, 7) is 1.94. The summed E-state index contributed by atoms with van der Waals surface area (Å²) in [7, 11) is 0. The maximum absolute atomic E-state index is 14.0. The Bertz CT molecular complexity index is 1240. The number of hydrogen-bond acceptors (Lipinski definition) is 3. The molecule has 6 heteroatoms. The van der Waals surface area contributed by atoms with Gasteiger partial charge >= 0.3 is 0 Å². The number of hydrogen-bond donors (Lipinski definition) is 0. The molecule has 0 amide bonds. The van der Waals surface area contributed by atoms with E-state index < -0.39 is 0 Å². The molecule has 0 fully saturated rings. The number of benzene rings is 3. The second kappa shape index (κ2) is 7.78. The maximum atomic E-state index is 14.0. The van der Waals surface area contributed by atoms with Gasteiger partial charge in [0.2, 0.25) is 0 Å². The van der Waals surface area contributed by atoms with Crippen LogP contribution in [-0.2, 0) is 5.75 Å². The summed E-state index contributed by atoms with van der Waals surface area (Å²) in [4.78, 5) is 18.0. The molecular formula is C22H16ClFN2OS. The molecule has 0 N–H and O–H groups in total. The third-order valence-corrected chi connectivity index (χ3v) is 5.69. The van der Waals surface area contributed by atoms with Gasteiger partial charge in [0, 0.05) is 10.8 Å². The lowest BCUT2D eigenvalue weighted by molar-refractivity contribution is 0.617. The van der Waals surface area contributed by atoms with Crippen LogP contribution in [0.1, 0.15) is 11.1 Å². The summed E-state index contributed by atoms with van der Waals surface area (Å²) < 4.78 is 15.6. The Balaban J connectivity index is 1.90. The monoisotopic (exact) mass is 410 g/mol. The summed E-state index contributed by atoms with van der Waals surface area (Å²) >= 11 is 7.42. The number of thioether (sulfide) groups is 1. The minimum atomic E-state index is -0.274. The molecule has 1 heterocycles. The van der Waals surface area contributed by atoms with Crippen LogP contribution < -0.4 is 5.56 Å². The fraction of sp³-hybridized carbons (Fsp3) is 0.0909. The molecule has 0 aliphatic carbocycles. The van der Waals surface area contributed by atoms with Crippen molar-refractivity contribution in [3.8, 4) is 5.69 Å². The number of aromatic nitrogens is 2. The van der Waals surface area contributed by atoms with Crippen LogP contribution in [0.5, 0.6) is 0 Å². The fourth-order valence-electron chi connectivity index (χ4n) is 3.02. The lowest BCUT2D eigenvalue weighted by Gasteiger charge is -2.15. The highest BCUT2D eigenvalue weighted by Gasteiger charge is 2.15. The average molecular weight is 411 g/mol. The number of rotatable bonds is 4. The van der Waals surface area contributed by atoms with Crippen LogP contribution in [-0.4, -0.2) is 9.55 Å². The molecule has 28 heavy (non-hydrogen) atoms. The maximum Gasteiger partial charge on any atom is 0.266 e. The van der Waals surface area contributed by atoms with E-state index in [1.54, 1.807) is 41.0 Å². The van der Waals surface area contributed by atoms with Gasteiger partial charge in [-0.05, 0) is 48.4 Å². The topological polar surface area (TPSA) is 34.9 Å². The van der Waals surface area contributed by atoms with Crippen LogP contribution in [0.15, 0.2) is 76.7 Å². The molecule has 0 unspecified atom stereocenters. The van der Waals surface area contributed by atoms with Gasteiger partial charge in [-0.25, -0.2) is 9.37 Å². The quantitative estimate of drug-likeness (QED) is 0.316. The number of fused-ring (bicyclic) bond motifs is 1. The van der Waals surface area contributed by atoms with E-state index in [-0.39, 0.29) is 11.4 Å². The van der Waals surface area contributed by atoms with Crippen LogP contribution in [0.3, 0.4) is 0 Å². The molecule has 0 atom stereocenters. The Kier molecular flexibility index (Phi) is 5.20. The van der Waals surface area contributed by atoms with E-state index in [1.165, 1.54) is 17.8 Å². The van der Waals surface area contributed by atoms with E-state index in [0.717, 1.165) is 11.3 Å². The Labute approximate surface area is 170 Å². The first kappa shape index (κ1) is 18.7. The number of nitrogens with zero attached hydrogens (tertiary/aromatic N) is 2. The Morgan fingerprint density at radius 1 is 1.07 bits per heavy atom. The van der Waals surface area contributed by atoms with Crippen molar-refractivity contribution >= 4 is 34.3 Å². The molecule has 0 saturated carbocycles. The molecule has 0 bridgehead atoms. The van der Waals surface area contributed by atoms with E-state index in [9.17, 15) is 9.18 Å². The number of para-hydroxylation sites is 1. The Morgan fingerprint density at radius 2 is 1.82 bits per heavy atom. The molecule has 1 aromatic heterocycles. The van der Waals surface area contributed by atoms with Crippen molar-refractivity contribution in [2.24, 2.45) is 0 Å². The van der Waals surface area contributed by atoms with Crippen molar-refractivity contribution in [3.05, 3.63) is 99.1 Å². The van der Waals surface area contributed by atoms with Gasteiger partial charge < -0.3 is 0 Å². The molecule has 0 aliphatic rings. The lowest BCUT2D eigenvalue weighted by Crippen LogP contribution is -2.22. The van der Waals surface area contributed by atoms with E-state index in [4.69, 9.17) is 11.6 Å². The Hall–Kier alpha value is -2.63. The van der Waals surface area contributed by atoms with E-state index in [0.29, 0.717) is 32.4 Å². The van der Waals surface area contributed by atoms with E-state index in [2.05, 4.69) is 4.98 Å². The number of halogens is 2. The van der Waals surface area contributed by atoms with Gasteiger partial charge in [0.1, 0.15) is 5.82 Å². The van der Waals surface area contributed by atoms with Crippen molar-refractivity contribution < 1.29 is 4.39 Å². The van der Waals surface area contributed by atoms with Gasteiger partial charge in [0.15, 0.2) is 5.16 Å². The highest BCUT2D eigenvalue weighted by molar-refractivity contribution is 7.98. The Morgan fingerprint density at radius 3 is 2.61 bits per heavy atom. The third kappa shape index (κ3) is 3.55. The second-order valence-corrected chi connectivity index (χ2v) is 7.74. The molecule has 0 aliphatic heterocycles. The standard InChI is InChI=1S/C22H16ClFN2OS/c1-14-6-2-5-9-20(14)26-21(27)17-11-10-16(23)12-19(17)25-22(26)28-13-15-7-3-4-8-18(15)24/h2-12H,13H2,1H3. The number of aryl methyl sites for hydroxylation is 1. The van der Waals surface area contributed by atoms with Crippen LogP contribution >= 0.6 is 23.4 Å². The zero-order valence-electron chi connectivity index (χ0n) is 15.0. The minimum absolute atomic E-state index is 0.174.